The van der Waals surface area contributed by atoms with Crippen LogP contribution in [-0.4, -0.2) is 29.9 Å². The van der Waals surface area contributed by atoms with E-state index in [9.17, 15) is 9.59 Å². The van der Waals surface area contributed by atoms with Crippen molar-refractivity contribution in [1.82, 2.24) is 4.90 Å². The lowest BCUT2D eigenvalue weighted by molar-refractivity contribution is 0.0521. The van der Waals surface area contributed by atoms with Gasteiger partial charge >= 0.3 is 6.03 Å². The van der Waals surface area contributed by atoms with Gasteiger partial charge < -0.3 is 16.0 Å². The van der Waals surface area contributed by atoms with Crippen LogP contribution in [0.15, 0.2) is 24.3 Å². The van der Waals surface area contributed by atoms with Crippen molar-refractivity contribution >= 4 is 17.6 Å². The van der Waals surface area contributed by atoms with Crippen LogP contribution in [0.2, 0.25) is 0 Å². The van der Waals surface area contributed by atoms with Gasteiger partial charge in [0.2, 0.25) is 0 Å². The first-order chi connectivity index (χ1) is 10.6. The van der Waals surface area contributed by atoms with E-state index in [0.29, 0.717) is 17.2 Å². The number of nitrogens with one attached hydrogen (secondary N) is 1. The van der Waals surface area contributed by atoms with Gasteiger partial charge in [0.15, 0.2) is 0 Å². The average Bonchev–Trinajstić information content (AvgIpc) is 2.53. The van der Waals surface area contributed by atoms with Crippen LogP contribution in [-0.2, 0) is 0 Å². The van der Waals surface area contributed by atoms with Crippen LogP contribution < -0.4 is 11.1 Å². The molecular formula is C17H23N3O2. The van der Waals surface area contributed by atoms with Gasteiger partial charge in [-0.25, -0.2) is 4.79 Å². The quantitative estimate of drug-likeness (QED) is 0.881. The Balaban J connectivity index is 1.69. The van der Waals surface area contributed by atoms with E-state index in [-0.39, 0.29) is 5.91 Å². The van der Waals surface area contributed by atoms with Crippen molar-refractivity contribution in [3.63, 3.8) is 0 Å². The molecule has 2 fully saturated rings. The van der Waals surface area contributed by atoms with Crippen LogP contribution in [0.5, 0.6) is 0 Å². The molecule has 1 aliphatic heterocycles. The van der Waals surface area contributed by atoms with Crippen molar-refractivity contribution < 1.29 is 9.59 Å². The highest BCUT2D eigenvalue weighted by Gasteiger charge is 2.33. The maximum atomic E-state index is 12.7. The van der Waals surface area contributed by atoms with E-state index in [4.69, 9.17) is 5.73 Å². The standard InChI is InChI=1S/C17H23N3O2/c18-17(22)19-15-7-3-6-13(10-15)16(21)20-9-8-12-4-1-2-5-14(12)11-20/h3,6-7,10,12,14H,1-2,4-5,8-9,11H2,(H3,18,19,22)/t12-,14-/m1/s1. The molecule has 118 valence electrons. The molecule has 0 aromatic heterocycles. The van der Waals surface area contributed by atoms with Crippen molar-refractivity contribution in [2.24, 2.45) is 17.6 Å². The highest BCUT2D eigenvalue weighted by atomic mass is 16.2. The number of nitrogens with two attached hydrogens (primary N) is 1. The van der Waals surface area contributed by atoms with Gasteiger partial charge in [-0.2, -0.15) is 0 Å². The summed E-state index contributed by atoms with van der Waals surface area (Å²) in [6, 6.07) is 6.37. The molecule has 1 aromatic carbocycles. The monoisotopic (exact) mass is 301 g/mol. The third-order valence-electron chi connectivity index (χ3n) is 4.96. The van der Waals surface area contributed by atoms with E-state index in [2.05, 4.69) is 5.32 Å². The van der Waals surface area contributed by atoms with Crippen LogP contribution >= 0.6 is 0 Å². The van der Waals surface area contributed by atoms with Gasteiger partial charge in [-0.1, -0.05) is 25.3 Å². The number of piperidine rings is 1. The lowest BCUT2D eigenvalue weighted by atomic mass is 9.75. The van der Waals surface area contributed by atoms with E-state index in [1.54, 1.807) is 24.3 Å². The van der Waals surface area contributed by atoms with Crippen LogP contribution in [0, 0.1) is 11.8 Å². The van der Waals surface area contributed by atoms with Crippen molar-refractivity contribution in [3.05, 3.63) is 29.8 Å². The first-order valence-electron chi connectivity index (χ1n) is 8.09. The lowest BCUT2D eigenvalue weighted by Gasteiger charge is -2.41. The molecule has 3 N–H and O–H groups in total. The number of carbonyl (C=O) groups is 2. The third-order valence-corrected chi connectivity index (χ3v) is 4.96. The summed E-state index contributed by atoms with van der Waals surface area (Å²) < 4.78 is 0. The molecule has 2 aliphatic rings. The predicted octanol–water partition coefficient (Wildman–Crippen LogP) is 2.83. The Morgan fingerprint density at radius 2 is 1.91 bits per heavy atom. The molecule has 3 rings (SSSR count). The number of hydrogen-bond acceptors (Lipinski definition) is 2. The van der Waals surface area contributed by atoms with Crippen LogP contribution in [0.25, 0.3) is 0 Å². The molecule has 0 radical (unpaired) electrons. The number of nitrogens with zero attached hydrogens (tertiary/aromatic N) is 1. The Bertz CT molecular complexity index is 573. The second kappa shape index (κ2) is 6.38. The summed E-state index contributed by atoms with van der Waals surface area (Å²) in [4.78, 5) is 25.6. The first-order valence-corrected chi connectivity index (χ1v) is 8.09. The number of likely N-dealkylation sites (tertiary alicyclic amines) is 1. The number of carbonyl (C=O) groups excluding carboxylic acids is 2. The Morgan fingerprint density at radius 3 is 2.68 bits per heavy atom. The highest BCUT2D eigenvalue weighted by molar-refractivity contribution is 5.96. The summed E-state index contributed by atoms with van der Waals surface area (Å²) in [7, 11) is 0. The fraction of sp³-hybridized carbons (Fsp3) is 0.529. The fourth-order valence-electron chi connectivity index (χ4n) is 3.84. The summed E-state index contributed by atoms with van der Waals surface area (Å²) in [6.45, 7) is 1.71. The molecule has 0 spiro atoms. The maximum absolute atomic E-state index is 12.7. The number of urea groups is 1. The van der Waals surface area contributed by atoms with Gasteiger partial charge in [-0.3, -0.25) is 4.79 Å². The van der Waals surface area contributed by atoms with Gasteiger partial charge in [0, 0.05) is 24.3 Å². The number of hydrogen-bond donors (Lipinski definition) is 2. The van der Waals surface area contributed by atoms with Crippen LogP contribution in [0.1, 0.15) is 42.5 Å². The number of fused-ring (bicyclic) bond motifs is 1. The molecule has 1 saturated heterocycles. The van der Waals surface area contributed by atoms with E-state index >= 15 is 0 Å². The van der Waals surface area contributed by atoms with E-state index in [0.717, 1.165) is 25.4 Å². The molecule has 1 saturated carbocycles. The zero-order valence-electron chi connectivity index (χ0n) is 12.8. The second-order valence-electron chi connectivity index (χ2n) is 6.41. The molecule has 3 amide bonds. The van der Waals surface area contributed by atoms with Gasteiger partial charge in [0.1, 0.15) is 0 Å². The molecule has 5 nitrogen and oxygen atoms in total. The highest BCUT2D eigenvalue weighted by Crippen LogP contribution is 2.36. The number of benzene rings is 1. The van der Waals surface area contributed by atoms with Crippen molar-refractivity contribution in [2.45, 2.75) is 32.1 Å². The van der Waals surface area contributed by atoms with Gasteiger partial charge in [-0.05, 0) is 42.9 Å². The van der Waals surface area contributed by atoms with Gasteiger partial charge in [0.05, 0.1) is 0 Å². The summed E-state index contributed by atoms with van der Waals surface area (Å²) in [5.41, 5.74) is 6.29. The smallest absolute Gasteiger partial charge is 0.316 e. The minimum Gasteiger partial charge on any atom is -0.351 e. The number of anilines is 1. The number of rotatable bonds is 2. The normalized spacial score (nSPS) is 24.5. The first kappa shape index (κ1) is 14.9. The molecule has 5 heteroatoms. The van der Waals surface area contributed by atoms with E-state index in [1.807, 2.05) is 4.90 Å². The molecule has 0 unspecified atom stereocenters. The third kappa shape index (κ3) is 3.24. The zero-order valence-corrected chi connectivity index (χ0v) is 12.8. The summed E-state index contributed by atoms with van der Waals surface area (Å²) in [5.74, 6) is 1.52. The Kier molecular flexibility index (Phi) is 4.32. The molecule has 0 bridgehead atoms. The Morgan fingerprint density at radius 1 is 1.14 bits per heavy atom. The molecule has 2 atom stereocenters. The van der Waals surface area contributed by atoms with Gasteiger partial charge in [-0.15, -0.1) is 0 Å². The summed E-state index contributed by atoms with van der Waals surface area (Å²) >= 11 is 0. The molecule has 1 aliphatic carbocycles. The molecule has 22 heavy (non-hydrogen) atoms. The largest absolute Gasteiger partial charge is 0.351 e. The van der Waals surface area contributed by atoms with Crippen molar-refractivity contribution in [3.8, 4) is 0 Å². The van der Waals surface area contributed by atoms with Crippen molar-refractivity contribution in [1.29, 1.82) is 0 Å². The Hall–Kier alpha value is -2.04. The average molecular weight is 301 g/mol. The SMILES string of the molecule is NC(=O)Nc1cccc(C(=O)N2CC[C@H]3CCCC[C@@H]3C2)c1. The van der Waals surface area contributed by atoms with Crippen LogP contribution in [0.3, 0.4) is 0 Å². The predicted molar refractivity (Wildman–Crippen MR) is 85.6 cm³/mol. The minimum atomic E-state index is -0.618. The number of primary amides is 1. The summed E-state index contributed by atoms with van der Waals surface area (Å²) in [6.07, 6.45) is 6.33. The zero-order chi connectivity index (χ0) is 15.5. The molecular weight excluding hydrogens is 278 g/mol. The van der Waals surface area contributed by atoms with Crippen molar-refractivity contribution in [2.75, 3.05) is 18.4 Å². The van der Waals surface area contributed by atoms with Gasteiger partial charge in [0.25, 0.3) is 5.91 Å². The molecule has 1 aromatic rings. The number of amides is 3. The van der Waals surface area contributed by atoms with E-state index < -0.39 is 6.03 Å². The fourth-order valence-corrected chi connectivity index (χ4v) is 3.84. The molecule has 1 heterocycles. The van der Waals surface area contributed by atoms with Crippen LogP contribution in [0.4, 0.5) is 10.5 Å². The lowest BCUT2D eigenvalue weighted by Crippen LogP contribution is -2.44. The maximum Gasteiger partial charge on any atom is 0.316 e. The van der Waals surface area contributed by atoms with E-state index in [1.165, 1.54) is 25.7 Å². The second-order valence-corrected chi connectivity index (χ2v) is 6.41. The topological polar surface area (TPSA) is 75.4 Å². The Labute approximate surface area is 130 Å². The minimum absolute atomic E-state index is 0.0529. The summed E-state index contributed by atoms with van der Waals surface area (Å²) in [5, 5.41) is 2.52.